The van der Waals surface area contributed by atoms with Crippen LogP contribution in [0.2, 0.25) is 0 Å². The van der Waals surface area contributed by atoms with E-state index in [1.807, 2.05) is 53.6 Å². The van der Waals surface area contributed by atoms with Gasteiger partial charge in [-0.25, -0.2) is 4.39 Å². The van der Waals surface area contributed by atoms with Gasteiger partial charge < -0.3 is 9.80 Å². The molecular formula is C26H27FN2O2S. The van der Waals surface area contributed by atoms with Crippen molar-refractivity contribution in [2.75, 3.05) is 18.0 Å². The second kappa shape index (κ2) is 9.25. The number of likely N-dealkylation sites (N-methyl/N-ethyl adjacent to an activating group) is 1. The lowest BCUT2D eigenvalue weighted by Gasteiger charge is -2.43. The van der Waals surface area contributed by atoms with Crippen molar-refractivity contribution >= 4 is 28.8 Å². The molecule has 0 N–H and O–H groups in total. The first-order chi connectivity index (χ1) is 15.4. The molecule has 0 saturated heterocycles. The van der Waals surface area contributed by atoms with E-state index in [1.54, 1.807) is 28.4 Å². The Morgan fingerprint density at radius 1 is 1.09 bits per heavy atom. The normalized spacial score (nSPS) is 18.0. The lowest BCUT2D eigenvalue weighted by Crippen LogP contribution is -2.49. The molecule has 0 radical (unpaired) electrons. The predicted octanol–water partition coefficient (Wildman–Crippen LogP) is 5.88. The van der Waals surface area contributed by atoms with E-state index in [4.69, 9.17) is 0 Å². The molecule has 0 bridgehead atoms. The molecule has 3 aromatic rings. The summed E-state index contributed by atoms with van der Waals surface area (Å²) in [5.41, 5.74) is 1.98. The summed E-state index contributed by atoms with van der Waals surface area (Å²) >= 11 is 1.56. The maximum Gasteiger partial charge on any atom is 0.254 e. The van der Waals surface area contributed by atoms with Crippen molar-refractivity contribution in [1.82, 2.24) is 4.90 Å². The number of fused-ring (bicyclic) bond motifs is 1. The Hall–Kier alpha value is -2.99. The molecule has 2 amide bonds. The van der Waals surface area contributed by atoms with Gasteiger partial charge in [0, 0.05) is 29.2 Å². The molecule has 4 rings (SSSR count). The summed E-state index contributed by atoms with van der Waals surface area (Å²) < 4.78 is 13.5. The number of hydrogen-bond acceptors (Lipinski definition) is 3. The maximum absolute atomic E-state index is 14.1. The molecule has 1 aliphatic heterocycles. The van der Waals surface area contributed by atoms with Gasteiger partial charge >= 0.3 is 0 Å². The van der Waals surface area contributed by atoms with Crippen LogP contribution in [0.4, 0.5) is 10.1 Å². The average molecular weight is 451 g/mol. The highest BCUT2D eigenvalue weighted by atomic mass is 32.1. The maximum atomic E-state index is 14.1. The van der Waals surface area contributed by atoms with Crippen molar-refractivity contribution in [3.63, 3.8) is 0 Å². The van der Waals surface area contributed by atoms with Gasteiger partial charge in [0.2, 0.25) is 5.91 Å². The molecular weight excluding hydrogens is 423 g/mol. The van der Waals surface area contributed by atoms with Crippen LogP contribution in [0, 0.1) is 11.7 Å². The Kier molecular flexibility index (Phi) is 6.42. The van der Waals surface area contributed by atoms with Gasteiger partial charge in [-0.15, -0.1) is 11.3 Å². The molecule has 166 valence electrons. The molecule has 1 aliphatic rings. The summed E-state index contributed by atoms with van der Waals surface area (Å²) in [5, 5.41) is 1.98. The van der Waals surface area contributed by atoms with Gasteiger partial charge in [-0.1, -0.05) is 38.1 Å². The fourth-order valence-electron chi connectivity index (χ4n) is 4.48. The first-order valence-corrected chi connectivity index (χ1v) is 11.8. The number of carbonyl (C=O) groups excluding carboxylic acids is 2. The first-order valence-electron chi connectivity index (χ1n) is 10.9. The number of amides is 2. The highest BCUT2D eigenvalue weighted by molar-refractivity contribution is 7.10. The minimum atomic E-state index is -0.550. The minimum Gasteiger partial charge on any atom is -0.329 e. The van der Waals surface area contributed by atoms with E-state index in [0.29, 0.717) is 24.3 Å². The van der Waals surface area contributed by atoms with Gasteiger partial charge in [-0.2, -0.15) is 0 Å². The van der Waals surface area contributed by atoms with Gasteiger partial charge in [-0.05, 0) is 60.2 Å². The average Bonchev–Trinajstić information content (AvgIpc) is 3.31. The molecule has 0 saturated carbocycles. The third kappa shape index (κ3) is 4.07. The summed E-state index contributed by atoms with van der Waals surface area (Å²) in [7, 11) is 0. The van der Waals surface area contributed by atoms with Crippen molar-refractivity contribution in [2.24, 2.45) is 5.92 Å². The highest BCUT2D eigenvalue weighted by Gasteiger charge is 2.46. The first kappa shape index (κ1) is 22.2. The Bertz CT molecular complexity index is 1100. The number of carbonyl (C=O) groups is 2. The molecule has 1 aromatic heterocycles. The smallest absolute Gasteiger partial charge is 0.254 e. The largest absolute Gasteiger partial charge is 0.329 e. The Labute approximate surface area is 192 Å². The molecule has 2 aromatic carbocycles. The number of benzene rings is 2. The number of nitrogens with zero attached hydrogens (tertiary/aromatic N) is 2. The van der Waals surface area contributed by atoms with Crippen LogP contribution in [0.25, 0.3) is 0 Å². The second-order valence-electron chi connectivity index (χ2n) is 8.44. The van der Waals surface area contributed by atoms with E-state index in [9.17, 15) is 14.0 Å². The van der Waals surface area contributed by atoms with Crippen molar-refractivity contribution in [1.29, 1.82) is 0 Å². The van der Waals surface area contributed by atoms with Gasteiger partial charge in [-0.3, -0.25) is 9.59 Å². The molecule has 2 heterocycles. The van der Waals surface area contributed by atoms with E-state index in [2.05, 4.69) is 13.8 Å². The zero-order valence-electron chi connectivity index (χ0n) is 18.5. The Morgan fingerprint density at radius 3 is 2.44 bits per heavy atom. The molecule has 2 unspecified atom stereocenters. The van der Waals surface area contributed by atoms with Crippen LogP contribution >= 0.6 is 11.3 Å². The van der Waals surface area contributed by atoms with Crippen LogP contribution in [-0.4, -0.2) is 29.8 Å². The topological polar surface area (TPSA) is 40.6 Å². The van der Waals surface area contributed by atoms with Crippen LogP contribution in [0.15, 0.2) is 66.0 Å². The van der Waals surface area contributed by atoms with Crippen LogP contribution in [0.3, 0.4) is 0 Å². The summed E-state index contributed by atoms with van der Waals surface area (Å²) in [6.07, 6.45) is 0. The number of hydrogen-bond donors (Lipinski definition) is 0. The van der Waals surface area contributed by atoms with E-state index < -0.39 is 5.92 Å². The molecule has 0 spiro atoms. The predicted molar refractivity (Wildman–Crippen MR) is 127 cm³/mol. The van der Waals surface area contributed by atoms with Crippen LogP contribution in [0.1, 0.15) is 53.5 Å². The third-order valence-electron chi connectivity index (χ3n) is 5.82. The number of halogens is 1. The van der Waals surface area contributed by atoms with Crippen molar-refractivity contribution in [3.8, 4) is 0 Å². The van der Waals surface area contributed by atoms with Crippen LogP contribution in [-0.2, 0) is 4.79 Å². The summed E-state index contributed by atoms with van der Waals surface area (Å²) in [4.78, 5) is 32.2. The van der Waals surface area contributed by atoms with Gasteiger partial charge in [0.1, 0.15) is 5.82 Å². The third-order valence-corrected chi connectivity index (χ3v) is 6.76. The van der Waals surface area contributed by atoms with E-state index in [-0.39, 0.29) is 29.6 Å². The highest BCUT2D eigenvalue weighted by Crippen LogP contribution is 2.45. The van der Waals surface area contributed by atoms with Gasteiger partial charge in [0.25, 0.3) is 5.91 Å². The molecule has 0 aliphatic carbocycles. The Morgan fingerprint density at radius 2 is 1.81 bits per heavy atom. The zero-order valence-corrected chi connectivity index (χ0v) is 19.3. The molecule has 6 heteroatoms. The monoisotopic (exact) mass is 450 g/mol. The van der Waals surface area contributed by atoms with Crippen LogP contribution in [0.5, 0.6) is 0 Å². The SMILES string of the molecule is CCN(C(=O)C1c2ccccc2C(=O)N(CC(C)C)C1c1cccs1)c1ccc(F)cc1. The van der Waals surface area contributed by atoms with Gasteiger partial charge in [0.05, 0.1) is 12.0 Å². The fourth-order valence-corrected chi connectivity index (χ4v) is 5.36. The summed E-state index contributed by atoms with van der Waals surface area (Å²) in [6, 6.07) is 17.0. The lowest BCUT2D eigenvalue weighted by atomic mass is 9.80. The number of anilines is 1. The summed E-state index contributed by atoms with van der Waals surface area (Å²) in [5.74, 6) is -0.772. The van der Waals surface area contributed by atoms with Crippen molar-refractivity contribution < 1.29 is 14.0 Å². The molecule has 2 atom stereocenters. The molecule has 4 nitrogen and oxygen atoms in total. The molecule has 32 heavy (non-hydrogen) atoms. The zero-order chi connectivity index (χ0) is 22.8. The number of thiophene rings is 1. The van der Waals surface area contributed by atoms with Crippen molar-refractivity contribution in [3.05, 3.63) is 87.9 Å². The van der Waals surface area contributed by atoms with E-state index >= 15 is 0 Å². The van der Waals surface area contributed by atoms with Crippen LogP contribution < -0.4 is 4.90 Å². The standard InChI is InChI=1S/C26H27FN2O2S/c1-4-28(19-13-11-18(27)12-14-19)26(31)23-20-8-5-6-9-21(20)25(30)29(16-17(2)3)24(23)22-10-7-15-32-22/h5-15,17,23-24H,4,16H2,1-3H3. The van der Waals surface area contributed by atoms with Crippen molar-refractivity contribution in [2.45, 2.75) is 32.7 Å². The van der Waals surface area contributed by atoms with E-state index in [0.717, 1.165) is 10.4 Å². The lowest BCUT2D eigenvalue weighted by molar-refractivity contribution is -0.121. The molecule has 0 fully saturated rings. The fraction of sp³-hybridized carbons (Fsp3) is 0.308. The van der Waals surface area contributed by atoms with E-state index in [1.165, 1.54) is 12.1 Å². The second-order valence-corrected chi connectivity index (χ2v) is 9.41. The Balaban J connectivity index is 1.87. The minimum absolute atomic E-state index is 0.0402. The quantitative estimate of drug-likeness (QED) is 0.471. The number of rotatable bonds is 6. The summed E-state index contributed by atoms with van der Waals surface area (Å²) in [6.45, 7) is 7.06. The van der Waals surface area contributed by atoms with Gasteiger partial charge in [0.15, 0.2) is 0 Å².